The molecule has 2 rings (SSSR count). The summed E-state index contributed by atoms with van der Waals surface area (Å²) in [6.45, 7) is 5.55. The van der Waals surface area contributed by atoms with E-state index >= 15 is 0 Å². The highest BCUT2D eigenvalue weighted by molar-refractivity contribution is 5.98. The molecule has 1 aromatic heterocycles. The first-order chi connectivity index (χ1) is 13.0. The fourth-order valence-electron chi connectivity index (χ4n) is 2.38. The van der Waals surface area contributed by atoms with E-state index in [1.807, 2.05) is 18.2 Å². The van der Waals surface area contributed by atoms with E-state index in [2.05, 4.69) is 10.3 Å². The molecule has 2 aromatic rings. The van der Waals surface area contributed by atoms with Gasteiger partial charge >= 0.3 is 11.9 Å². The summed E-state index contributed by atoms with van der Waals surface area (Å²) >= 11 is 0. The van der Waals surface area contributed by atoms with Crippen molar-refractivity contribution >= 4 is 29.4 Å². The Hall–Kier alpha value is -3.35. The van der Waals surface area contributed by atoms with E-state index in [9.17, 15) is 9.59 Å². The smallest absolute Gasteiger partial charge is 0.340 e. The van der Waals surface area contributed by atoms with E-state index in [-0.39, 0.29) is 24.3 Å². The molecule has 1 heterocycles. The lowest BCUT2D eigenvalue weighted by atomic mass is 10.1. The number of aryl methyl sites for hydroxylation is 1. The van der Waals surface area contributed by atoms with Crippen LogP contribution in [0.3, 0.4) is 0 Å². The third kappa shape index (κ3) is 5.07. The van der Waals surface area contributed by atoms with Gasteiger partial charge in [0.05, 0.1) is 47.1 Å². The van der Waals surface area contributed by atoms with Gasteiger partial charge in [0.2, 0.25) is 0 Å². The number of benzene rings is 1. The van der Waals surface area contributed by atoms with E-state index in [0.29, 0.717) is 17.1 Å². The number of para-hydroxylation sites is 2. The van der Waals surface area contributed by atoms with Crippen LogP contribution in [0.5, 0.6) is 0 Å². The predicted molar refractivity (Wildman–Crippen MR) is 104 cm³/mol. The molecule has 0 unspecified atom stereocenters. The number of carbonyl (C=O) groups is 2. The van der Waals surface area contributed by atoms with Crippen molar-refractivity contribution in [3.63, 3.8) is 0 Å². The lowest BCUT2D eigenvalue weighted by Gasteiger charge is -2.11. The van der Waals surface area contributed by atoms with Crippen molar-refractivity contribution in [3.05, 3.63) is 59.0 Å². The summed E-state index contributed by atoms with van der Waals surface area (Å²) in [7, 11) is 0. The molecule has 0 aliphatic carbocycles. The summed E-state index contributed by atoms with van der Waals surface area (Å²) < 4.78 is 10.1. The zero-order valence-corrected chi connectivity index (χ0v) is 15.6. The number of aromatic nitrogens is 1. The summed E-state index contributed by atoms with van der Waals surface area (Å²) in [6.07, 6.45) is 3.25. The lowest BCUT2D eigenvalue weighted by molar-refractivity contribution is 0.0523. The molecule has 0 aliphatic heterocycles. The number of carbonyl (C=O) groups excluding carboxylic acids is 2. The van der Waals surface area contributed by atoms with E-state index in [1.165, 1.54) is 6.07 Å². The minimum atomic E-state index is -0.561. The molecule has 1 aromatic carbocycles. The molecule has 3 N–H and O–H groups in total. The second-order valence-electron chi connectivity index (χ2n) is 5.56. The van der Waals surface area contributed by atoms with Crippen LogP contribution >= 0.6 is 0 Å². The quantitative estimate of drug-likeness (QED) is 0.569. The number of anilines is 2. The number of hydrogen-bond donors (Lipinski definition) is 2. The van der Waals surface area contributed by atoms with Gasteiger partial charge < -0.3 is 20.5 Å². The second kappa shape index (κ2) is 9.38. The van der Waals surface area contributed by atoms with Crippen LogP contribution in [0.4, 0.5) is 11.4 Å². The number of nitrogens with zero attached hydrogens (tertiary/aromatic N) is 1. The highest BCUT2D eigenvalue weighted by atomic mass is 16.5. The Morgan fingerprint density at radius 2 is 1.74 bits per heavy atom. The molecule has 0 saturated heterocycles. The molecule has 0 saturated carbocycles. The van der Waals surface area contributed by atoms with Crippen LogP contribution in [0.2, 0.25) is 0 Å². The summed E-state index contributed by atoms with van der Waals surface area (Å²) in [5.41, 5.74) is 8.46. The van der Waals surface area contributed by atoms with Crippen LogP contribution in [-0.4, -0.2) is 30.1 Å². The minimum Gasteiger partial charge on any atom is -0.462 e. The second-order valence-corrected chi connectivity index (χ2v) is 5.56. The van der Waals surface area contributed by atoms with Crippen LogP contribution in [0.25, 0.3) is 6.08 Å². The van der Waals surface area contributed by atoms with Gasteiger partial charge in [-0.3, -0.25) is 4.98 Å². The maximum atomic E-state index is 12.3. The molecule has 0 atom stereocenters. The highest BCUT2D eigenvalue weighted by Crippen LogP contribution is 2.19. The molecule has 7 heteroatoms. The molecule has 0 fully saturated rings. The van der Waals surface area contributed by atoms with Gasteiger partial charge in [-0.25, -0.2) is 9.59 Å². The Labute approximate surface area is 158 Å². The van der Waals surface area contributed by atoms with Crippen LogP contribution < -0.4 is 11.1 Å². The minimum absolute atomic E-state index is 0.185. The Morgan fingerprint density at radius 1 is 1.11 bits per heavy atom. The molecule has 27 heavy (non-hydrogen) atoms. The molecule has 0 radical (unpaired) electrons. The van der Waals surface area contributed by atoms with Crippen molar-refractivity contribution in [1.29, 1.82) is 0 Å². The average Bonchev–Trinajstić information content (AvgIpc) is 2.63. The maximum absolute atomic E-state index is 12.3. The van der Waals surface area contributed by atoms with Crippen molar-refractivity contribution in [3.8, 4) is 0 Å². The highest BCUT2D eigenvalue weighted by Gasteiger charge is 2.19. The van der Waals surface area contributed by atoms with E-state index in [1.54, 1.807) is 39.1 Å². The van der Waals surface area contributed by atoms with E-state index in [0.717, 1.165) is 5.69 Å². The van der Waals surface area contributed by atoms with Gasteiger partial charge in [-0.2, -0.15) is 0 Å². The zero-order chi connectivity index (χ0) is 19.8. The van der Waals surface area contributed by atoms with E-state index < -0.39 is 11.9 Å². The summed E-state index contributed by atoms with van der Waals surface area (Å²) in [4.78, 5) is 28.8. The number of nitrogens with one attached hydrogen (secondary N) is 1. The fourth-order valence-corrected chi connectivity index (χ4v) is 2.38. The van der Waals surface area contributed by atoms with Crippen molar-refractivity contribution in [2.24, 2.45) is 0 Å². The summed E-state index contributed by atoms with van der Waals surface area (Å²) in [6, 6.07) is 8.75. The van der Waals surface area contributed by atoms with Gasteiger partial charge in [-0.05, 0) is 45.0 Å². The largest absolute Gasteiger partial charge is 0.462 e. The predicted octanol–water partition coefficient (Wildman–Crippen LogP) is 3.41. The first kappa shape index (κ1) is 20.0. The molecule has 0 amide bonds. The first-order valence-corrected chi connectivity index (χ1v) is 8.61. The third-order valence-corrected chi connectivity index (χ3v) is 3.67. The molecule has 0 bridgehead atoms. The van der Waals surface area contributed by atoms with E-state index in [4.69, 9.17) is 15.2 Å². The molecular weight excluding hydrogens is 346 g/mol. The number of nitrogen functional groups attached to an aromatic ring is 1. The number of nitrogens with two attached hydrogens (primary N) is 1. The van der Waals surface area contributed by atoms with Gasteiger partial charge in [0.1, 0.15) is 0 Å². The lowest BCUT2D eigenvalue weighted by Crippen LogP contribution is -2.14. The van der Waals surface area contributed by atoms with Crippen LogP contribution in [0.15, 0.2) is 36.5 Å². The number of pyridine rings is 1. The number of hydrogen-bond acceptors (Lipinski definition) is 7. The standard InChI is InChI=1S/C20H23N3O4/c1-4-26-19(24)14-12-15(20(25)27-5-2)17(23-13(14)3)10-11-22-18-9-7-6-8-16(18)21/h6-12,22H,4-5,21H2,1-3H3/b11-10-. The molecule has 0 spiro atoms. The molecule has 142 valence electrons. The van der Waals surface area contributed by atoms with Gasteiger partial charge in [-0.15, -0.1) is 0 Å². The zero-order valence-electron chi connectivity index (χ0n) is 15.6. The Balaban J connectivity index is 2.37. The van der Waals surface area contributed by atoms with Crippen molar-refractivity contribution in [1.82, 2.24) is 4.98 Å². The number of ether oxygens (including phenoxy) is 2. The Morgan fingerprint density at radius 3 is 2.37 bits per heavy atom. The first-order valence-electron chi connectivity index (χ1n) is 8.61. The number of esters is 2. The summed E-state index contributed by atoms with van der Waals surface area (Å²) in [5.74, 6) is -1.09. The summed E-state index contributed by atoms with van der Waals surface area (Å²) in [5, 5.41) is 3.05. The van der Waals surface area contributed by atoms with Crippen molar-refractivity contribution < 1.29 is 19.1 Å². The SMILES string of the molecule is CCOC(=O)c1cc(C(=O)OCC)c(/C=C\Nc2ccccc2N)nc1C. The third-order valence-electron chi connectivity index (χ3n) is 3.67. The molecular formula is C20H23N3O4. The van der Waals surface area contributed by atoms with Gasteiger partial charge in [0.15, 0.2) is 0 Å². The van der Waals surface area contributed by atoms with Crippen LogP contribution in [0, 0.1) is 6.92 Å². The van der Waals surface area contributed by atoms with Gasteiger partial charge in [0, 0.05) is 6.20 Å². The monoisotopic (exact) mass is 369 g/mol. The van der Waals surface area contributed by atoms with Crippen LogP contribution in [-0.2, 0) is 9.47 Å². The fraction of sp³-hybridized carbons (Fsp3) is 0.250. The molecule has 7 nitrogen and oxygen atoms in total. The van der Waals surface area contributed by atoms with Gasteiger partial charge in [-0.1, -0.05) is 12.1 Å². The Bertz CT molecular complexity index is 862. The maximum Gasteiger partial charge on any atom is 0.340 e. The van der Waals surface area contributed by atoms with Crippen LogP contribution in [0.1, 0.15) is 46.0 Å². The topological polar surface area (TPSA) is 104 Å². The number of rotatable bonds is 7. The normalized spacial score (nSPS) is 10.6. The van der Waals surface area contributed by atoms with Crippen molar-refractivity contribution in [2.45, 2.75) is 20.8 Å². The van der Waals surface area contributed by atoms with Crippen molar-refractivity contribution in [2.75, 3.05) is 24.3 Å². The average molecular weight is 369 g/mol. The van der Waals surface area contributed by atoms with Gasteiger partial charge in [0.25, 0.3) is 0 Å². The Kier molecular flexibility index (Phi) is 6.93. The molecule has 0 aliphatic rings.